The second-order valence-electron chi connectivity index (χ2n) is 3.89. The normalized spacial score (nSPS) is 19.9. The molecule has 1 aromatic carbocycles. The SMILES string of the molecule is CC(C)C1NC(=O)c2ccccc2N1. The Morgan fingerprint density at radius 2 is 1.93 bits per heavy atom. The van der Waals surface area contributed by atoms with Crippen LogP contribution in [0.1, 0.15) is 24.2 Å². The van der Waals surface area contributed by atoms with E-state index in [0.717, 1.165) is 11.3 Å². The summed E-state index contributed by atoms with van der Waals surface area (Å²) in [6, 6.07) is 7.56. The molecule has 1 heterocycles. The molecule has 0 aromatic heterocycles. The zero-order valence-corrected chi connectivity index (χ0v) is 8.37. The van der Waals surface area contributed by atoms with Gasteiger partial charge in [-0.3, -0.25) is 4.79 Å². The summed E-state index contributed by atoms with van der Waals surface area (Å²) in [5.74, 6) is 0.394. The number of amides is 1. The summed E-state index contributed by atoms with van der Waals surface area (Å²) < 4.78 is 0. The van der Waals surface area contributed by atoms with Crippen molar-refractivity contribution in [3.63, 3.8) is 0 Å². The molecular weight excluding hydrogens is 176 g/mol. The first-order valence-corrected chi connectivity index (χ1v) is 4.85. The van der Waals surface area contributed by atoms with Crippen molar-refractivity contribution >= 4 is 11.6 Å². The van der Waals surface area contributed by atoms with Crippen LogP contribution in [-0.4, -0.2) is 12.1 Å². The second-order valence-corrected chi connectivity index (χ2v) is 3.89. The van der Waals surface area contributed by atoms with Crippen molar-refractivity contribution in [1.29, 1.82) is 0 Å². The number of hydrogen-bond acceptors (Lipinski definition) is 2. The smallest absolute Gasteiger partial charge is 0.254 e. The van der Waals surface area contributed by atoms with Crippen LogP contribution in [0.3, 0.4) is 0 Å². The number of para-hydroxylation sites is 1. The standard InChI is InChI=1S/C11H14N2O/c1-7(2)10-12-9-6-4-3-5-8(9)11(14)13-10/h3-7,10,12H,1-2H3,(H,13,14). The Balaban J connectivity index is 2.33. The van der Waals surface area contributed by atoms with Crippen molar-refractivity contribution in [1.82, 2.24) is 5.32 Å². The van der Waals surface area contributed by atoms with Crippen molar-refractivity contribution in [2.45, 2.75) is 20.0 Å². The molecule has 0 radical (unpaired) electrons. The summed E-state index contributed by atoms with van der Waals surface area (Å²) in [7, 11) is 0. The number of nitrogens with one attached hydrogen (secondary N) is 2. The molecule has 0 aliphatic carbocycles. The van der Waals surface area contributed by atoms with Crippen LogP contribution in [0.4, 0.5) is 5.69 Å². The number of carbonyl (C=O) groups excluding carboxylic acids is 1. The van der Waals surface area contributed by atoms with E-state index in [9.17, 15) is 4.79 Å². The Bertz CT molecular complexity index is 360. The van der Waals surface area contributed by atoms with Crippen LogP contribution in [-0.2, 0) is 0 Å². The van der Waals surface area contributed by atoms with Gasteiger partial charge in [-0.15, -0.1) is 0 Å². The quantitative estimate of drug-likeness (QED) is 0.709. The number of hydrogen-bond donors (Lipinski definition) is 2. The first kappa shape index (κ1) is 9.06. The van der Waals surface area contributed by atoms with Crippen LogP contribution in [0.2, 0.25) is 0 Å². The van der Waals surface area contributed by atoms with E-state index in [-0.39, 0.29) is 12.1 Å². The summed E-state index contributed by atoms with van der Waals surface area (Å²) >= 11 is 0. The van der Waals surface area contributed by atoms with Gasteiger partial charge in [-0.05, 0) is 18.1 Å². The van der Waals surface area contributed by atoms with Crippen LogP contribution in [0.15, 0.2) is 24.3 Å². The molecular formula is C11H14N2O. The highest BCUT2D eigenvalue weighted by Gasteiger charge is 2.24. The highest BCUT2D eigenvalue weighted by molar-refractivity contribution is 6.01. The Kier molecular flexibility index (Phi) is 2.15. The average molecular weight is 190 g/mol. The Morgan fingerprint density at radius 3 is 2.64 bits per heavy atom. The van der Waals surface area contributed by atoms with E-state index in [2.05, 4.69) is 24.5 Å². The average Bonchev–Trinajstić information content (AvgIpc) is 2.17. The first-order valence-electron chi connectivity index (χ1n) is 4.85. The van der Waals surface area contributed by atoms with Gasteiger partial charge in [0.05, 0.1) is 5.56 Å². The van der Waals surface area contributed by atoms with E-state index in [1.165, 1.54) is 0 Å². The lowest BCUT2D eigenvalue weighted by atomic mass is 10.0. The van der Waals surface area contributed by atoms with E-state index in [1.807, 2.05) is 24.3 Å². The second kappa shape index (κ2) is 3.33. The van der Waals surface area contributed by atoms with Crippen molar-refractivity contribution in [2.75, 3.05) is 5.32 Å². The molecule has 0 spiro atoms. The highest BCUT2D eigenvalue weighted by atomic mass is 16.2. The fourth-order valence-corrected chi connectivity index (χ4v) is 1.56. The molecule has 0 saturated heterocycles. The third-order valence-corrected chi connectivity index (χ3v) is 2.44. The van der Waals surface area contributed by atoms with Crippen molar-refractivity contribution < 1.29 is 4.79 Å². The van der Waals surface area contributed by atoms with Gasteiger partial charge in [0.25, 0.3) is 5.91 Å². The van der Waals surface area contributed by atoms with Crippen LogP contribution in [0, 0.1) is 5.92 Å². The summed E-state index contributed by atoms with van der Waals surface area (Å²) in [6.45, 7) is 4.15. The molecule has 1 amide bonds. The predicted molar refractivity (Wildman–Crippen MR) is 56.2 cm³/mol. The molecule has 3 nitrogen and oxygen atoms in total. The summed E-state index contributed by atoms with van der Waals surface area (Å²) in [6.07, 6.45) is 0.0393. The fourth-order valence-electron chi connectivity index (χ4n) is 1.56. The van der Waals surface area contributed by atoms with Gasteiger partial charge in [-0.1, -0.05) is 26.0 Å². The summed E-state index contributed by atoms with van der Waals surface area (Å²) in [5.41, 5.74) is 1.65. The van der Waals surface area contributed by atoms with E-state index >= 15 is 0 Å². The Hall–Kier alpha value is -1.51. The minimum Gasteiger partial charge on any atom is -0.364 e. The number of anilines is 1. The van der Waals surface area contributed by atoms with Gasteiger partial charge in [0.2, 0.25) is 0 Å². The topological polar surface area (TPSA) is 41.1 Å². The molecule has 3 heteroatoms. The first-order chi connectivity index (χ1) is 6.68. The number of fused-ring (bicyclic) bond motifs is 1. The van der Waals surface area contributed by atoms with Gasteiger partial charge >= 0.3 is 0 Å². The molecule has 1 aliphatic rings. The molecule has 74 valence electrons. The minimum atomic E-state index is 0.0121. The molecule has 1 aromatic rings. The van der Waals surface area contributed by atoms with Gasteiger partial charge in [0.1, 0.15) is 6.17 Å². The van der Waals surface area contributed by atoms with E-state index in [1.54, 1.807) is 0 Å². The maximum atomic E-state index is 11.6. The van der Waals surface area contributed by atoms with E-state index in [4.69, 9.17) is 0 Å². The molecule has 1 atom stereocenters. The maximum Gasteiger partial charge on any atom is 0.254 e. The molecule has 1 unspecified atom stereocenters. The van der Waals surface area contributed by atoms with Gasteiger partial charge in [0, 0.05) is 5.69 Å². The molecule has 2 rings (SSSR count). The zero-order chi connectivity index (χ0) is 10.1. The van der Waals surface area contributed by atoms with Gasteiger partial charge in [0.15, 0.2) is 0 Å². The van der Waals surface area contributed by atoms with Gasteiger partial charge < -0.3 is 10.6 Å². The number of rotatable bonds is 1. The summed E-state index contributed by atoms with van der Waals surface area (Å²) in [5, 5.41) is 6.22. The number of carbonyl (C=O) groups is 1. The minimum absolute atomic E-state index is 0.0121. The van der Waals surface area contributed by atoms with Crippen LogP contribution < -0.4 is 10.6 Å². The monoisotopic (exact) mass is 190 g/mol. The lowest BCUT2D eigenvalue weighted by Gasteiger charge is -2.30. The third kappa shape index (κ3) is 1.45. The van der Waals surface area contributed by atoms with E-state index < -0.39 is 0 Å². The zero-order valence-electron chi connectivity index (χ0n) is 8.37. The summed E-state index contributed by atoms with van der Waals surface area (Å²) in [4.78, 5) is 11.6. The molecule has 2 N–H and O–H groups in total. The van der Waals surface area contributed by atoms with Crippen LogP contribution in [0.25, 0.3) is 0 Å². The van der Waals surface area contributed by atoms with Crippen LogP contribution in [0.5, 0.6) is 0 Å². The van der Waals surface area contributed by atoms with Gasteiger partial charge in [-0.25, -0.2) is 0 Å². The van der Waals surface area contributed by atoms with Gasteiger partial charge in [-0.2, -0.15) is 0 Å². The number of benzene rings is 1. The molecule has 0 saturated carbocycles. The largest absolute Gasteiger partial charge is 0.364 e. The Morgan fingerprint density at radius 1 is 1.21 bits per heavy atom. The molecule has 0 bridgehead atoms. The lowest BCUT2D eigenvalue weighted by Crippen LogP contribution is -2.47. The predicted octanol–water partition coefficient (Wildman–Crippen LogP) is 1.82. The van der Waals surface area contributed by atoms with Crippen molar-refractivity contribution in [3.05, 3.63) is 29.8 Å². The third-order valence-electron chi connectivity index (χ3n) is 2.44. The van der Waals surface area contributed by atoms with E-state index in [0.29, 0.717) is 5.92 Å². The molecule has 14 heavy (non-hydrogen) atoms. The lowest BCUT2D eigenvalue weighted by molar-refractivity contribution is 0.0926. The van der Waals surface area contributed by atoms with Crippen molar-refractivity contribution in [2.24, 2.45) is 5.92 Å². The molecule has 1 aliphatic heterocycles. The fraction of sp³-hybridized carbons (Fsp3) is 0.364. The maximum absolute atomic E-state index is 11.6. The molecule has 0 fully saturated rings. The van der Waals surface area contributed by atoms with Crippen LogP contribution >= 0.6 is 0 Å². The van der Waals surface area contributed by atoms with Crippen molar-refractivity contribution in [3.8, 4) is 0 Å². The highest BCUT2D eigenvalue weighted by Crippen LogP contribution is 2.21. The Labute approximate surface area is 83.5 Å².